The average molecular weight is 709 g/mol. The van der Waals surface area contributed by atoms with Crippen molar-refractivity contribution >= 4 is 34.5 Å². The van der Waals surface area contributed by atoms with E-state index in [1.807, 2.05) is 56.4 Å². The maximum absolute atomic E-state index is 14.2. The maximum Gasteiger partial charge on any atom is 0.254 e. The first-order valence-corrected chi connectivity index (χ1v) is 18.0. The number of nitrogens with one attached hydrogen (secondary N) is 3. The highest BCUT2D eigenvalue weighted by atomic mass is 16.5. The predicted octanol–water partition coefficient (Wildman–Crippen LogP) is 4.00. The fourth-order valence-electron chi connectivity index (χ4n) is 7.59. The fourth-order valence-corrected chi connectivity index (χ4v) is 7.59. The second-order valence-corrected chi connectivity index (χ2v) is 14.0. The Morgan fingerprint density at radius 3 is 2.52 bits per heavy atom. The van der Waals surface area contributed by atoms with E-state index in [4.69, 9.17) is 9.47 Å². The highest BCUT2D eigenvalue weighted by molar-refractivity contribution is 5.95. The lowest BCUT2D eigenvalue weighted by Gasteiger charge is -2.40. The molecule has 0 aliphatic carbocycles. The zero-order valence-corrected chi connectivity index (χ0v) is 30.3. The number of rotatable bonds is 13. The van der Waals surface area contributed by atoms with Crippen molar-refractivity contribution in [2.45, 2.75) is 51.7 Å². The van der Waals surface area contributed by atoms with Gasteiger partial charge in [-0.25, -0.2) is 0 Å². The molecule has 12 nitrogen and oxygen atoms in total. The summed E-state index contributed by atoms with van der Waals surface area (Å²) < 4.78 is 11.4. The van der Waals surface area contributed by atoms with Gasteiger partial charge in [-0.2, -0.15) is 0 Å². The third-order valence-electron chi connectivity index (χ3n) is 10.2. The van der Waals surface area contributed by atoms with Crippen LogP contribution < -0.4 is 20.1 Å². The molecule has 0 saturated carbocycles. The molecule has 2 fully saturated rings. The molecule has 2 aliphatic heterocycles. The van der Waals surface area contributed by atoms with E-state index in [1.165, 1.54) is 7.11 Å². The van der Waals surface area contributed by atoms with Gasteiger partial charge in [0.1, 0.15) is 6.04 Å². The quantitative estimate of drug-likeness (QED) is 0.190. The van der Waals surface area contributed by atoms with Crippen molar-refractivity contribution in [1.29, 1.82) is 0 Å². The van der Waals surface area contributed by atoms with Crippen molar-refractivity contribution in [3.8, 4) is 11.5 Å². The van der Waals surface area contributed by atoms with Crippen LogP contribution in [-0.4, -0.2) is 95.9 Å². The number of nitrogens with zero attached hydrogens (tertiary/aromatic N) is 3. The zero-order valence-electron chi connectivity index (χ0n) is 30.3. The second kappa shape index (κ2) is 16.3. The number of aromatic nitrogens is 2. The van der Waals surface area contributed by atoms with Gasteiger partial charge in [-0.3, -0.25) is 24.2 Å². The van der Waals surface area contributed by atoms with Crippen LogP contribution in [0.3, 0.4) is 0 Å². The lowest BCUT2D eigenvalue weighted by molar-refractivity contribution is -0.140. The summed E-state index contributed by atoms with van der Waals surface area (Å²) in [6.07, 6.45) is 7.28. The summed E-state index contributed by atoms with van der Waals surface area (Å²) in [6, 6.07) is 16.3. The monoisotopic (exact) mass is 708 g/mol. The van der Waals surface area contributed by atoms with Gasteiger partial charge in [0.2, 0.25) is 17.7 Å². The number of hydrogen-bond donors (Lipinski definition) is 3. The molecule has 274 valence electrons. The third-order valence-corrected chi connectivity index (χ3v) is 10.2. The topological polar surface area (TPSA) is 146 Å². The van der Waals surface area contributed by atoms with Gasteiger partial charge in [0.05, 0.1) is 37.3 Å². The third kappa shape index (κ3) is 8.22. The minimum absolute atomic E-state index is 0.0641. The number of carbonyl (C=O) groups excluding carboxylic acids is 4. The van der Waals surface area contributed by atoms with Crippen molar-refractivity contribution < 1.29 is 28.7 Å². The molecule has 0 bridgehead atoms. The number of likely N-dealkylation sites (N-methyl/N-ethyl adjacent to an activating group) is 1. The number of aryl methyl sites for hydroxylation is 1. The molecule has 4 atom stereocenters. The summed E-state index contributed by atoms with van der Waals surface area (Å²) in [5.41, 5.74) is 3.31. The van der Waals surface area contributed by atoms with Crippen molar-refractivity contribution in [3.63, 3.8) is 0 Å². The molecule has 0 spiro atoms. The minimum atomic E-state index is -0.733. The largest absolute Gasteiger partial charge is 0.493 e. The number of fused-ring (bicyclic) bond motifs is 2. The molecule has 12 heteroatoms. The van der Waals surface area contributed by atoms with Crippen LogP contribution in [0.15, 0.2) is 73.2 Å². The average Bonchev–Trinajstić information content (AvgIpc) is 3.78. The predicted molar refractivity (Wildman–Crippen MR) is 197 cm³/mol. The van der Waals surface area contributed by atoms with Crippen molar-refractivity contribution in [2.75, 3.05) is 40.3 Å². The molecule has 4 aromatic rings. The molecule has 3 N–H and O–H groups in total. The van der Waals surface area contributed by atoms with Gasteiger partial charge in [-0.05, 0) is 80.3 Å². The summed E-state index contributed by atoms with van der Waals surface area (Å²) in [7, 11) is 3.10. The van der Waals surface area contributed by atoms with Crippen LogP contribution in [0.5, 0.6) is 11.5 Å². The lowest BCUT2D eigenvalue weighted by atomic mass is 9.79. The molecule has 2 aromatic heterocycles. The number of pyridine rings is 1. The highest BCUT2D eigenvalue weighted by Gasteiger charge is 2.48. The molecule has 4 heterocycles. The Balaban J connectivity index is 1.22. The normalized spacial score (nSPS) is 18.9. The van der Waals surface area contributed by atoms with Crippen molar-refractivity contribution in [3.05, 3.63) is 89.9 Å². The Morgan fingerprint density at radius 2 is 1.77 bits per heavy atom. The van der Waals surface area contributed by atoms with Crippen molar-refractivity contribution in [2.24, 2.45) is 17.8 Å². The highest BCUT2D eigenvalue weighted by Crippen LogP contribution is 2.38. The Bertz CT molecular complexity index is 1890. The van der Waals surface area contributed by atoms with Gasteiger partial charge < -0.3 is 34.9 Å². The van der Waals surface area contributed by atoms with Gasteiger partial charge in [0.15, 0.2) is 11.5 Å². The van der Waals surface area contributed by atoms with Gasteiger partial charge in [-0.15, -0.1) is 0 Å². The number of carbonyl (C=O) groups is 4. The molecule has 4 amide bonds. The van der Waals surface area contributed by atoms with Crippen LogP contribution in [0.4, 0.5) is 0 Å². The summed E-state index contributed by atoms with van der Waals surface area (Å²) in [5, 5.41) is 6.67. The van der Waals surface area contributed by atoms with E-state index in [2.05, 4.69) is 20.6 Å². The van der Waals surface area contributed by atoms with Crippen LogP contribution in [0, 0.1) is 17.8 Å². The van der Waals surface area contributed by atoms with Crippen LogP contribution in [-0.2, 0) is 27.2 Å². The van der Waals surface area contributed by atoms with E-state index in [0.717, 1.165) is 28.5 Å². The number of aromatic amines is 1. The molecule has 52 heavy (non-hydrogen) atoms. The molecule has 2 aromatic carbocycles. The van der Waals surface area contributed by atoms with Gasteiger partial charge >= 0.3 is 0 Å². The number of H-pyrrole nitrogens is 1. The summed E-state index contributed by atoms with van der Waals surface area (Å²) in [5.74, 6) is -0.777. The first-order valence-electron chi connectivity index (χ1n) is 18.0. The Hall–Kier alpha value is -5.39. The van der Waals surface area contributed by atoms with Gasteiger partial charge in [-0.1, -0.05) is 30.3 Å². The Labute approximate surface area is 304 Å². The molecule has 6 rings (SSSR count). The molecule has 0 radical (unpaired) electrons. The van der Waals surface area contributed by atoms with Crippen molar-refractivity contribution in [1.82, 2.24) is 30.4 Å². The summed E-state index contributed by atoms with van der Waals surface area (Å²) in [6.45, 7) is 5.19. The van der Waals surface area contributed by atoms with E-state index in [-0.39, 0.29) is 54.5 Å². The number of ether oxygens (including phenoxy) is 2. The number of amides is 4. The molecule has 2 saturated heterocycles. The van der Waals surface area contributed by atoms with E-state index >= 15 is 0 Å². The number of benzene rings is 2. The van der Waals surface area contributed by atoms with E-state index in [9.17, 15) is 19.2 Å². The molecular weight excluding hydrogens is 660 g/mol. The SMILES string of the molecule is CNC(=O)[C@H](CCCc1ccccc1)NC(=O)C1CN(C(=O)Cc2c[nH]c3cnccc23)CC2CN(C(=O)c3ccc(OC(C)C)c(OC)c3)CC21. The minimum Gasteiger partial charge on any atom is -0.493 e. The summed E-state index contributed by atoms with van der Waals surface area (Å²) in [4.78, 5) is 66.0. The second-order valence-electron chi connectivity index (χ2n) is 14.0. The Kier molecular flexibility index (Phi) is 11.4. The summed E-state index contributed by atoms with van der Waals surface area (Å²) >= 11 is 0. The van der Waals surface area contributed by atoms with Gasteiger partial charge in [0, 0.05) is 56.6 Å². The number of hydrogen-bond acceptors (Lipinski definition) is 7. The van der Waals surface area contributed by atoms with Crippen LogP contribution in [0.1, 0.15) is 48.2 Å². The molecular formula is C40H48N6O6. The van der Waals surface area contributed by atoms with E-state index in [1.54, 1.807) is 47.4 Å². The molecule has 2 aliphatic rings. The number of piperidine rings is 1. The van der Waals surface area contributed by atoms with Crippen LogP contribution in [0.25, 0.3) is 10.9 Å². The first kappa shape index (κ1) is 36.4. The fraction of sp³-hybridized carbons (Fsp3) is 0.425. The Morgan fingerprint density at radius 1 is 0.981 bits per heavy atom. The molecule has 3 unspecified atom stereocenters. The van der Waals surface area contributed by atoms with E-state index in [0.29, 0.717) is 49.5 Å². The lowest BCUT2D eigenvalue weighted by Crippen LogP contribution is -2.56. The van der Waals surface area contributed by atoms with Crippen LogP contribution in [0.2, 0.25) is 0 Å². The zero-order chi connectivity index (χ0) is 36.8. The number of likely N-dealkylation sites (tertiary alicyclic amines) is 2. The standard InChI is InChI=1S/C40H48N6O6/c1-25(2)52-35-14-13-27(17-36(35)51-4)40(50)46-22-29-21-45(37(47)18-28-19-43-34-20-42-16-15-30(28)34)24-32(31(29)23-46)38(48)44-33(39(49)41-3)12-8-11-26-9-6-5-7-10-26/h5-7,9-10,13-17,19-20,25,29,31-33,43H,8,11-12,18,21-24H2,1-4H3,(H,41,49)(H,44,48)/t29?,31?,32?,33-/m0/s1. The van der Waals surface area contributed by atoms with Crippen LogP contribution >= 0.6 is 0 Å². The first-order chi connectivity index (χ1) is 25.1. The smallest absolute Gasteiger partial charge is 0.254 e. The van der Waals surface area contributed by atoms with Gasteiger partial charge in [0.25, 0.3) is 5.91 Å². The van der Waals surface area contributed by atoms with E-state index < -0.39 is 12.0 Å². The number of methoxy groups -OCH3 is 1. The maximum atomic E-state index is 14.2.